The van der Waals surface area contributed by atoms with Gasteiger partial charge < -0.3 is 10.4 Å². The van der Waals surface area contributed by atoms with Crippen LogP contribution in [0.2, 0.25) is 0 Å². The number of benzene rings is 1. The van der Waals surface area contributed by atoms with Crippen molar-refractivity contribution in [2.75, 3.05) is 0 Å². The van der Waals surface area contributed by atoms with Gasteiger partial charge in [0, 0.05) is 3.57 Å². The van der Waals surface area contributed by atoms with Crippen LogP contribution in [0.3, 0.4) is 0 Å². The van der Waals surface area contributed by atoms with Crippen LogP contribution in [0.15, 0.2) is 24.3 Å². The molecule has 2 rings (SSSR count). The van der Waals surface area contributed by atoms with Crippen molar-refractivity contribution in [1.82, 2.24) is 10.1 Å². The van der Waals surface area contributed by atoms with Crippen LogP contribution in [0, 0.1) is 3.57 Å². The summed E-state index contributed by atoms with van der Waals surface area (Å²) in [5.41, 5.74) is -0.216. The van der Waals surface area contributed by atoms with Gasteiger partial charge in [-0.2, -0.15) is 10.1 Å². The Hall–Kier alpha value is -0.210. The average Bonchev–Trinajstić information content (AvgIpc) is 2.38. The highest BCUT2D eigenvalue weighted by Crippen LogP contribution is 2.47. The van der Waals surface area contributed by atoms with Crippen molar-refractivity contribution in [2.24, 2.45) is 0 Å². The third kappa shape index (κ3) is 1.89. The number of hydrogen-bond donors (Lipinski definition) is 2. The molecule has 4 nitrogen and oxygen atoms in total. The highest BCUT2D eigenvalue weighted by Gasteiger charge is 2.58. The van der Waals surface area contributed by atoms with Crippen LogP contribution < -0.4 is 0 Å². The van der Waals surface area contributed by atoms with Gasteiger partial charge in [-0.15, -0.1) is 0 Å². The molecule has 1 fully saturated rings. The summed E-state index contributed by atoms with van der Waals surface area (Å²) >= 11 is 2.22. The zero-order chi connectivity index (χ0) is 13.7. The topological polar surface area (TPSA) is 46.9 Å². The van der Waals surface area contributed by atoms with E-state index in [1.54, 1.807) is 0 Å². The van der Waals surface area contributed by atoms with Gasteiger partial charge in [0.2, 0.25) is 0 Å². The van der Waals surface area contributed by atoms with Gasteiger partial charge >= 0.3 is 0 Å². The molecule has 5 heteroatoms. The number of nitrogens with zero attached hydrogens (tertiary/aromatic N) is 2. The van der Waals surface area contributed by atoms with Crippen molar-refractivity contribution in [3.05, 3.63) is 33.4 Å². The van der Waals surface area contributed by atoms with Crippen LogP contribution in [-0.4, -0.2) is 31.6 Å². The van der Waals surface area contributed by atoms with E-state index in [0.29, 0.717) is 0 Å². The fraction of sp³-hybridized carbons (Fsp3) is 0.538. The highest BCUT2D eigenvalue weighted by atomic mass is 127. The molecular weight excluding hydrogens is 343 g/mol. The van der Waals surface area contributed by atoms with Gasteiger partial charge in [0.05, 0.1) is 11.1 Å². The maximum Gasteiger partial charge on any atom is 0.136 e. The Morgan fingerprint density at radius 2 is 1.56 bits per heavy atom. The van der Waals surface area contributed by atoms with Gasteiger partial charge in [0.15, 0.2) is 0 Å². The Morgan fingerprint density at radius 3 is 2.00 bits per heavy atom. The van der Waals surface area contributed by atoms with Crippen LogP contribution in [-0.2, 0) is 0 Å². The van der Waals surface area contributed by atoms with Crippen molar-refractivity contribution in [3.8, 4) is 0 Å². The minimum Gasteiger partial charge on any atom is -0.311 e. The molecule has 0 aromatic heterocycles. The largest absolute Gasteiger partial charge is 0.311 e. The SMILES string of the molecule is CC1(C)N(O)C(c2cccc(I)c2)N(O)C1(C)C. The first-order chi connectivity index (χ1) is 8.19. The van der Waals surface area contributed by atoms with Crippen molar-refractivity contribution in [2.45, 2.75) is 44.9 Å². The fourth-order valence-corrected chi connectivity index (χ4v) is 2.79. The van der Waals surface area contributed by atoms with Gasteiger partial charge in [-0.05, 0) is 68.0 Å². The molecule has 1 aliphatic rings. The van der Waals surface area contributed by atoms with Crippen LogP contribution >= 0.6 is 22.6 Å². The third-order valence-corrected chi connectivity index (χ3v) is 4.92. The molecule has 0 spiro atoms. The molecular formula is C13H19IN2O2. The van der Waals surface area contributed by atoms with Crippen molar-refractivity contribution < 1.29 is 10.4 Å². The van der Waals surface area contributed by atoms with E-state index in [-0.39, 0.29) is 0 Å². The van der Waals surface area contributed by atoms with E-state index in [9.17, 15) is 10.4 Å². The fourth-order valence-electron chi connectivity index (χ4n) is 2.23. The molecule has 0 aliphatic carbocycles. The van der Waals surface area contributed by atoms with Gasteiger partial charge in [-0.25, -0.2) is 0 Å². The average molecular weight is 362 g/mol. The van der Waals surface area contributed by atoms with Gasteiger partial charge in [-0.3, -0.25) is 0 Å². The predicted octanol–water partition coefficient (Wildman–Crippen LogP) is 3.24. The molecule has 1 aliphatic heterocycles. The Morgan fingerprint density at radius 1 is 1.06 bits per heavy atom. The standard InChI is InChI=1S/C13H19IN2O2/c1-12(2)13(3,4)16(18)11(15(12)17)9-6-5-7-10(14)8-9/h5-8,11,17-18H,1-4H3. The van der Waals surface area contributed by atoms with E-state index >= 15 is 0 Å². The number of hydrogen-bond acceptors (Lipinski definition) is 4. The summed E-state index contributed by atoms with van der Waals surface area (Å²) in [4.78, 5) is 0. The Labute approximate surface area is 121 Å². The van der Waals surface area contributed by atoms with Crippen LogP contribution in [0.1, 0.15) is 39.4 Å². The monoisotopic (exact) mass is 362 g/mol. The van der Waals surface area contributed by atoms with E-state index < -0.39 is 17.2 Å². The lowest BCUT2D eigenvalue weighted by Crippen LogP contribution is -2.52. The van der Waals surface area contributed by atoms with Crippen LogP contribution in [0.25, 0.3) is 0 Å². The van der Waals surface area contributed by atoms with Gasteiger partial charge in [-0.1, -0.05) is 12.1 Å². The molecule has 100 valence electrons. The quantitative estimate of drug-likeness (QED) is 0.753. The summed E-state index contributed by atoms with van der Waals surface area (Å²) in [7, 11) is 0. The smallest absolute Gasteiger partial charge is 0.136 e. The zero-order valence-corrected chi connectivity index (χ0v) is 13.2. The molecule has 0 bridgehead atoms. The Bertz CT molecular complexity index is 442. The summed E-state index contributed by atoms with van der Waals surface area (Å²) in [6.07, 6.45) is -0.537. The first-order valence-electron chi connectivity index (χ1n) is 5.91. The molecule has 1 aromatic rings. The lowest BCUT2D eigenvalue weighted by molar-refractivity contribution is -0.223. The number of hydroxylamine groups is 4. The molecule has 0 saturated carbocycles. The molecule has 2 N–H and O–H groups in total. The van der Waals surface area contributed by atoms with E-state index in [1.165, 1.54) is 10.1 Å². The molecule has 1 saturated heterocycles. The maximum atomic E-state index is 10.4. The number of halogens is 1. The zero-order valence-electron chi connectivity index (χ0n) is 11.1. The summed E-state index contributed by atoms with van der Waals surface area (Å²) in [5, 5.41) is 23.3. The van der Waals surface area contributed by atoms with E-state index in [1.807, 2.05) is 52.0 Å². The minimum atomic E-state index is -0.548. The summed E-state index contributed by atoms with van der Waals surface area (Å²) in [5.74, 6) is 0. The van der Waals surface area contributed by atoms with Crippen molar-refractivity contribution in [3.63, 3.8) is 0 Å². The van der Waals surface area contributed by atoms with Gasteiger partial charge in [0.25, 0.3) is 0 Å². The van der Waals surface area contributed by atoms with E-state index in [0.717, 1.165) is 9.13 Å². The van der Waals surface area contributed by atoms with Gasteiger partial charge in [0.1, 0.15) is 6.17 Å². The molecule has 1 heterocycles. The van der Waals surface area contributed by atoms with Crippen LogP contribution in [0.5, 0.6) is 0 Å². The van der Waals surface area contributed by atoms with Crippen LogP contribution in [0.4, 0.5) is 0 Å². The molecule has 0 radical (unpaired) electrons. The summed E-state index contributed by atoms with van der Waals surface area (Å²) < 4.78 is 1.08. The second-order valence-electron chi connectivity index (χ2n) is 5.74. The lowest BCUT2D eigenvalue weighted by atomic mass is 9.84. The maximum absolute atomic E-state index is 10.4. The first kappa shape index (κ1) is 14.2. The number of rotatable bonds is 1. The highest BCUT2D eigenvalue weighted by molar-refractivity contribution is 14.1. The molecule has 0 atom stereocenters. The predicted molar refractivity (Wildman–Crippen MR) is 77.3 cm³/mol. The first-order valence-corrected chi connectivity index (χ1v) is 6.99. The second-order valence-corrected chi connectivity index (χ2v) is 6.98. The van der Waals surface area contributed by atoms with E-state index in [2.05, 4.69) is 22.6 Å². The van der Waals surface area contributed by atoms with E-state index in [4.69, 9.17) is 0 Å². The summed E-state index contributed by atoms with van der Waals surface area (Å²) in [6, 6.07) is 7.79. The molecule has 1 aromatic carbocycles. The molecule has 18 heavy (non-hydrogen) atoms. The lowest BCUT2D eigenvalue weighted by Gasteiger charge is -2.37. The summed E-state index contributed by atoms with van der Waals surface area (Å²) in [6.45, 7) is 7.68. The molecule has 0 amide bonds. The Balaban J connectivity index is 2.47. The van der Waals surface area contributed by atoms with Crippen molar-refractivity contribution >= 4 is 22.6 Å². The normalized spacial score (nSPS) is 24.6. The Kier molecular flexibility index (Phi) is 3.48. The molecule has 0 unspecified atom stereocenters. The minimum absolute atomic E-state index is 0.537. The third-order valence-electron chi connectivity index (χ3n) is 4.25. The second kappa shape index (κ2) is 4.42. The van der Waals surface area contributed by atoms with Crippen molar-refractivity contribution in [1.29, 1.82) is 0 Å².